The summed E-state index contributed by atoms with van der Waals surface area (Å²) in [6.45, 7) is 4.51. The molecule has 5 nitrogen and oxygen atoms in total. The van der Waals surface area contributed by atoms with Crippen LogP contribution in [0, 0.1) is 0 Å². The van der Waals surface area contributed by atoms with Crippen molar-refractivity contribution in [3.63, 3.8) is 0 Å². The summed E-state index contributed by atoms with van der Waals surface area (Å²) in [6, 6.07) is 7.15. The molecular formula is C21H30N2O3S. The average molecular weight is 391 g/mol. The van der Waals surface area contributed by atoms with E-state index >= 15 is 0 Å². The molecule has 0 radical (unpaired) electrons. The lowest BCUT2D eigenvalue weighted by atomic mass is 10.1. The summed E-state index contributed by atoms with van der Waals surface area (Å²) in [5, 5.41) is 0. The largest absolute Gasteiger partial charge is 0.492 e. The molecule has 2 fully saturated rings. The second-order valence-electron chi connectivity index (χ2n) is 7.76. The number of likely N-dealkylation sites (tertiary alicyclic amines) is 1. The molecule has 0 unspecified atom stereocenters. The number of thioether (sulfide) groups is 1. The Balaban J connectivity index is 1.47. The van der Waals surface area contributed by atoms with Crippen molar-refractivity contribution >= 4 is 17.7 Å². The Morgan fingerprint density at radius 1 is 1.26 bits per heavy atom. The van der Waals surface area contributed by atoms with Gasteiger partial charge in [0, 0.05) is 31.2 Å². The zero-order chi connectivity index (χ0) is 18.6. The maximum Gasteiger partial charge on any atom is 0.323 e. The van der Waals surface area contributed by atoms with E-state index in [-0.39, 0.29) is 12.0 Å². The fourth-order valence-corrected chi connectivity index (χ4v) is 5.66. The van der Waals surface area contributed by atoms with Gasteiger partial charge in [0.15, 0.2) is 0 Å². The highest BCUT2D eigenvalue weighted by Gasteiger charge is 2.31. The first-order chi connectivity index (χ1) is 13.2. The van der Waals surface area contributed by atoms with Gasteiger partial charge in [0.1, 0.15) is 18.4 Å². The Morgan fingerprint density at radius 2 is 2.11 bits per heavy atom. The van der Waals surface area contributed by atoms with Crippen LogP contribution >= 0.6 is 11.8 Å². The van der Waals surface area contributed by atoms with Crippen molar-refractivity contribution in [1.29, 1.82) is 0 Å². The summed E-state index contributed by atoms with van der Waals surface area (Å²) in [6.07, 6.45) is 4.53. The molecule has 0 amide bonds. The molecule has 1 aromatic carbocycles. The van der Waals surface area contributed by atoms with Gasteiger partial charge in [0.25, 0.3) is 0 Å². The van der Waals surface area contributed by atoms with Gasteiger partial charge < -0.3 is 9.47 Å². The second-order valence-corrected chi connectivity index (χ2v) is 8.98. The number of carbonyl (C=O) groups excluding carboxylic acids is 1. The number of carbonyl (C=O) groups is 1. The summed E-state index contributed by atoms with van der Waals surface area (Å²) in [5.41, 5.74) is 2.55. The number of rotatable bonds is 4. The molecule has 1 atom stereocenters. The number of hydrogen-bond acceptors (Lipinski definition) is 6. The third kappa shape index (κ3) is 4.44. The predicted molar refractivity (Wildman–Crippen MR) is 108 cm³/mol. The minimum atomic E-state index is -0.105. The predicted octanol–water partition coefficient (Wildman–Crippen LogP) is 2.91. The number of nitrogens with zero attached hydrogens (tertiary/aromatic N) is 2. The van der Waals surface area contributed by atoms with Crippen molar-refractivity contribution in [3.8, 4) is 5.75 Å². The van der Waals surface area contributed by atoms with Gasteiger partial charge in [0.2, 0.25) is 0 Å². The third-order valence-corrected chi connectivity index (χ3v) is 7.11. The summed E-state index contributed by atoms with van der Waals surface area (Å²) >= 11 is 2.08. The van der Waals surface area contributed by atoms with Crippen LogP contribution in [0.2, 0.25) is 0 Å². The molecule has 4 rings (SSSR count). The molecule has 3 aliphatic rings. The van der Waals surface area contributed by atoms with Gasteiger partial charge in [-0.2, -0.15) is 11.8 Å². The topological polar surface area (TPSA) is 42.0 Å². The van der Waals surface area contributed by atoms with Gasteiger partial charge >= 0.3 is 5.97 Å². The summed E-state index contributed by atoms with van der Waals surface area (Å²) in [7, 11) is 1.48. The molecule has 0 aromatic heterocycles. The lowest BCUT2D eigenvalue weighted by Gasteiger charge is -2.32. The number of hydrogen-bond donors (Lipinski definition) is 0. The molecule has 148 valence electrons. The molecule has 2 saturated heterocycles. The van der Waals surface area contributed by atoms with Gasteiger partial charge in [-0.05, 0) is 61.4 Å². The second kappa shape index (κ2) is 8.84. The van der Waals surface area contributed by atoms with E-state index in [9.17, 15) is 4.79 Å². The van der Waals surface area contributed by atoms with Gasteiger partial charge in [-0.1, -0.05) is 6.07 Å². The highest BCUT2D eigenvalue weighted by Crippen LogP contribution is 2.30. The van der Waals surface area contributed by atoms with Crippen molar-refractivity contribution in [2.24, 2.45) is 0 Å². The molecule has 0 spiro atoms. The minimum absolute atomic E-state index is 0.0960. The Hall–Kier alpha value is -1.24. The van der Waals surface area contributed by atoms with Crippen LogP contribution in [-0.2, 0) is 22.6 Å². The number of fused-ring (bicyclic) bond motifs is 1. The lowest BCUT2D eigenvalue weighted by Crippen LogP contribution is -2.38. The zero-order valence-electron chi connectivity index (χ0n) is 16.2. The summed E-state index contributed by atoms with van der Waals surface area (Å²) in [5.74, 6) is 3.47. The molecular weight excluding hydrogens is 360 g/mol. The van der Waals surface area contributed by atoms with E-state index in [0.29, 0.717) is 6.04 Å². The monoisotopic (exact) mass is 390 g/mol. The Bertz CT molecular complexity index is 663. The van der Waals surface area contributed by atoms with E-state index in [0.717, 1.165) is 51.4 Å². The molecule has 0 aliphatic carbocycles. The van der Waals surface area contributed by atoms with E-state index in [1.165, 1.54) is 42.6 Å². The smallest absolute Gasteiger partial charge is 0.323 e. The van der Waals surface area contributed by atoms with Gasteiger partial charge in [-0.25, -0.2) is 0 Å². The average Bonchev–Trinajstić information content (AvgIpc) is 3.06. The third-order valence-electron chi connectivity index (χ3n) is 6.06. The molecule has 1 aromatic rings. The Kier molecular flexibility index (Phi) is 6.25. The van der Waals surface area contributed by atoms with E-state index in [1.54, 1.807) is 0 Å². The molecule has 3 heterocycles. The number of esters is 1. The van der Waals surface area contributed by atoms with E-state index in [4.69, 9.17) is 9.47 Å². The number of methoxy groups -OCH3 is 1. The van der Waals surface area contributed by atoms with Crippen LogP contribution in [-0.4, -0.2) is 66.2 Å². The fraction of sp³-hybridized carbons (Fsp3) is 0.667. The fourth-order valence-electron chi connectivity index (χ4n) is 4.58. The minimum Gasteiger partial charge on any atom is -0.492 e. The quantitative estimate of drug-likeness (QED) is 0.737. The number of benzene rings is 1. The van der Waals surface area contributed by atoms with E-state index in [2.05, 4.69) is 39.8 Å². The highest BCUT2D eigenvalue weighted by molar-refractivity contribution is 7.99. The normalized spacial score (nSPS) is 24.9. The first-order valence-electron chi connectivity index (χ1n) is 10.1. The molecule has 0 N–H and O–H groups in total. The van der Waals surface area contributed by atoms with Crippen LogP contribution in [0.1, 0.15) is 36.8 Å². The summed E-state index contributed by atoms with van der Waals surface area (Å²) < 4.78 is 11.0. The molecule has 0 saturated carbocycles. The van der Waals surface area contributed by atoms with Gasteiger partial charge in [-0.3, -0.25) is 14.6 Å². The number of ether oxygens (including phenoxy) is 2. The molecule has 0 bridgehead atoms. The summed E-state index contributed by atoms with van der Waals surface area (Å²) in [4.78, 5) is 16.9. The van der Waals surface area contributed by atoms with Crippen LogP contribution in [0.25, 0.3) is 0 Å². The van der Waals surface area contributed by atoms with Crippen LogP contribution in [0.15, 0.2) is 18.2 Å². The zero-order valence-corrected chi connectivity index (χ0v) is 17.0. The first kappa shape index (κ1) is 19.1. The van der Waals surface area contributed by atoms with Crippen molar-refractivity contribution in [2.45, 2.75) is 50.9 Å². The standard InChI is InChI=1S/C21H30N2O3S/c1-25-21(24)19-3-2-8-23(19)14-16-4-5-20-17(13-16)15-22(9-10-26-20)18-6-11-27-12-7-18/h4-5,13,18-19H,2-3,6-12,14-15H2,1H3/t19-/m0/s1. The van der Waals surface area contributed by atoms with Crippen molar-refractivity contribution in [2.75, 3.05) is 38.3 Å². The van der Waals surface area contributed by atoms with E-state index in [1.807, 2.05) is 0 Å². The van der Waals surface area contributed by atoms with Crippen molar-refractivity contribution in [3.05, 3.63) is 29.3 Å². The SMILES string of the molecule is COC(=O)[C@@H]1CCCN1Cc1ccc2c(c1)CN(C1CCSCC1)CCO2. The molecule has 3 aliphatic heterocycles. The maximum absolute atomic E-state index is 12.0. The maximum atomic E-state index is 12.0. The highest BCUT2D eigenvalue weighted by atomic mass is 32.2. The van der Waals surface area contributed by atoms with Crippen LogP contribution in [0.3, 0.4) is 0 Å². The van der Waals surface area contributed by atoms with Crippen molar-refractivity contribution < 1.29 is 14.3 Å². The Morgan fingerprint density at radius 3 is 2.93 bits per heavy atom. The molecule has 6 heteroatoms. The Labute approximate surface area is 166 Å². The van der Waals surface area contributed by atoms with Crippen LogP contribution < -0.4 is 4.74 Å². The first-order valence-corrected chi connectivity index (χ1v) is 11.3. The van der Waals surface area contributed by atoms with E-state index < -0.39 is 0 Å². The van der Waals surface area contributed by atoms with Gasteiger partial charge in [0.05, 0.1) is 7.11 Å². The van der Waals surface area contributed by atoms with Crippen LogP contribution in [0.5, 0.6) is 5.75 Å². The lowest BCUT2D eigenvalue weighted by molar-refractivity contribution is -0.146. The van der Waals surface area contributed by atoms with Crippen molar-refractivity contribution in [1.82, 2.24) is 9.80 Å². The molecule has 27 heavy (non-hydrogen) atoms. The van der Waals surface area contributed by atoms with Crippen LogP contribution in [0.4, 0.5) is 0 Å². The van der Waals surface area contributed by atoms with Gasteiger partial charge in [-0.15, -0.1) is 0 Å².